The van der Waals surface area contributed by atoms with E-state index >= 15 is 0 Å². The van der Waals surface area contributed by atoms with E-state index in [0.29, 0.717) is 23.1 Å². The Morgan fingerprint density at radius 2 is 1.82 bits per heavy atom. The molecular weight excluding hydrogens is 473 g/mol. The van der Waals surface area contributed by atoms with Gasteiger partial charge in [0.05, 0.1) is 37.1 Å². The Morgan fingerprint density at radius 3 is 2.55 bits per heavy atom. The fraction of sp³-hybridized carbons (Fsp3) is 0.174. The first-order valence-electron chi connectivity index (χ1n) is 9.78. The normalized spacial score (nSPS) is 14.8. The molecule has 4 rings (SSSR count). The lowest BCUT2D eigenvalue weighted by Gasteiger charge is -2.18. The molecule has 4 bridgehead atoms. The van der Waals surface area contributed by atoms with Crippen molar-refractivity contribution < 1.29 is 31.8 Å². The number of fused-ring (bicyclic) bond motifs is 6. The molecule has 0 spiro atoms. The Balaban J connectivity index is 1.97. The number of ether oxygens (including phenoxy) is 3. The van der Waals surface area contributed by atoms with Crippen molar-refractivity contribution in [2.45, 2.75) is 11.3 Å². The van der Waals surface area contributed by atoms with Gasteiger partial charge in [0.2, 0.25) is 0 Å². The highest BCUT2D eigenvalue weighted by Gasteiger charge is 2.27. The molecule has 0 unspecified atom stereocenters. The summed E-state index contributed by atoms with van der Waals surface area (Å²) in [5.74, 6) is -1.10. The second-order valence-electron chi connectivity index (χ2n) is 7.20. The molecule has 1 heterocycles. The summed E-state index contributed by atoms with van der Waals surface area (Å²) in [6, 6.07) is 11.5. The summed E-state index contributed by atoms with van der Waals surface area (Å²) in [6.45, 7) is -0.00947. The third-order valence-electron chi connectivity index (χ3n) is 5.17. The van der Waals surface area contributed by atoms with Gasteiger partial charge in [-0.15, -0.1) is 0 Å². The highest BCUT2D eigenvalue weighted by molar-refractivity contribution is 7.92. The van der Waals surface area contributed by atoms with Crippen molar-refractivity contribution in [3.8, 4) is 22.6 Å². The first-order chi connectivity index (χ1) is 15.7. The van der Waals surface area contributed by atoms with Crippen LogP contribution in [-0.4, -0.2) is 35.2 Å². The molecule has 0 amide bonds. The Labute approximate surface area is 195 Å². The lowest BCUT2D eigenvalue weighted by Crippen LogP contribution is -2.17. The minimum Gasteiger partial charge on any atom is -0.495 e. The van der Waals surface area contributed by atoms with Gasteiger partial charge in [-0.3, -0.25) is 4.72 Å². The quantitative estimate of drug-likeness (QED) is 0.523. The maximum atomic E-state index is 14.1. The number of carbonyl (C=O) groups excluding carboxylic acids is 1. The molecule has 0 radical (unpaired) electrons. The molecule has 1 N–H and O–H groups in total. The van der Waals surface area contributed by atoms with E-state index in [2.05, 4.69) is 4.72 Å². The highest BCUT2D eigenvalue weighted by Crippen LogP contribution is 2.38. The molecule has 10 heteroatoms. The largest absolute Gasteiger partial charge is 0.495 e. The number of nitrogens with one attached hydrogen (secondary N) is 1. The highest BCUT2D eigenvalue weighted by atomic mass is 35.5. The van der Waals surface area contributed by atoms with Crippen LogP contribution in [0.15, 0.2) is 53.4 Å². The van der Waals surface area contributed by atoms with Crippen LogP contribution in [-0.2, 0) is 21.2 Å². The van der Waals surface area contributed by atoms with Gasteiger partial charge in [-0.1, -0.05) is 23.7 Å². The van der Waals surface area contributed by atoms with Crippen LogP contribution in [0.2, 0.25) is 5.02 Å². The predicted octanol–water partition coefficient (Wildman–Crippen LogP) is 4.68. The number of hydrogen-bond donors (Lipinski definition) is 1. The van der Waals surface area contributed by atoms with Gasteiger partial charge in [0.15, 0.2) is 5.75 Å². The smallest absolute Gasteiger partial charge is 0.338 e. The molecule has 172 valence electrons. The van der Waals surface area contributed by atoms with Crippen molar-refractivity contribution in [3.05, 3.63) is 70.5 Å². The van der Waals surface area contributed by atoms with Gasteiger partial charge < -0.3 is 14.2 Å². The van der Waals surface area contributed by atoms with Crippen LogP contribution < -0.4 is 14.2 Å². The molecule has 1 aliphatic rings. The molecule has 1 aliphatic heterocycles. The topological polar surface area (TPSA) is 90.9 Å². The summed E-state index contributed by atoms with van der Waals surface area (Å²) in [6.07, 6.45) is 0.311. The molecule has 0 saturated carbocycles. The lowest BCUT2D eigenvalue weighted by atomic mass is 9.97. The van der Waals surface area contributed by atoms with Gasteiger partial charge in [-0.2, -0.15) is 0 Å². The van der Waals surface area contributed by atoms with Crippen molar-refractivity contribution >= 4 is 33.3 Å². The molecule has 33 heavy (non-hydrogen) atoms. The van der Waals surface area contributed by atoms with E-state index in [1.165, 1.54) is 32.4 Å². The SMILES string of the molecule is COc1ccc2cc1NS(=O)(=O)c1cc(cc(Cl)c1OC)C(=O)OCCc1ccc(F)cc1-2. The number of halogens is 2. The number of carbonyl (C=O) groups is 1. The second-order valence-corrected chi connectivity index (χ2v) is 9.26. The maximum absolute atomic E-state index is 14.1. The number of hydrogen-bond acceptors (Lipinski definition) is 6. The lowest BCUT2D eigenvalue weighted by molar-refractivity contribution is 0.0509. The first-order valence-corrected chi connectivity index (χ1v) is 11.6. The van der Waals surface area contributed by atoms with Crippen LogP contribution >= 0.6 is 11.6 Å². The van der Waals surface area contributed by atoms with Crippen LogP contribution in [0.25, 0.3) is 11.1 Å². The fourth-order valence-corrected chi connectivity index (χ4v) is 5.24. The molecule has 7 nitrogen and oxygen atoms in total. The number of sulfonamides is 1. The van der Waals surface area contributed by atoms with Crippen LogP contribution in [0.3, 0.4) is 0 Å². The summed E-state index contributed by atoms with van der Waals surface area (Å²) < 4.78 is 59.0. The summed E-state index contributed by atoms with van der Waals surface area (Å²) in [4.78, 5) is 12.3. The molecule has 3 aromatic carbocycles. The number of rotatable bonds is 2. The minimum atomic E-state index is -4.30. The number of esters is 1. The van der Waals surface area contributed by atoms with Gasteiger partial charge >= 0.3 is 5.97 Å². The molecule has 0 saturated heterocycles. The van der Waals surface area contributed by atoms with E-state index in [1.54, 1.807) is 24.3 Å². The predicted molar refractivity (Wildman–Crippen MR) is 121 cm³/mol. The van der Waals surface area contributed by atoms with Crippen molar-refractivity contribution in [1.29, 1.82) is 0 Å². The van der Waals surface area contributed by atoms with Crippen LogP contribution in [0.1, 0.15) is 15.9 Å². The Morgan fingerprint density at radius 1 is 1.03 bits per heavy atom. The van der Waals surface area contributed by atoms with Crippen molar-refractivity contribution in [3.63, 3.8) is 0 Å². The van der Waals surface area contributed by atoms with Crippen LogP contribution in [0.5, 0.6) is 11.5 Å². The fourth-order valence-electron chi connectivity index (χ4n) is 3.61. The molecular formula is C23H19ClFNO6S. The van der Waals surface area contributed by atoms with E-state index in [4.69, 9.17) is 25.8 Å². The second kappa shape index (κ2) is 8.92. The molecule has 0 fully saturated rings. The minimum absolute atomic E-state index is 0.00947. The van der Waals surface area contributed by atoms with E-state index in [9.17, 15) is 17.6 Å². The summed E-state index contributed by atoms with van der Waals surface area (Å²) in [5.41, 5.74) is 1.86. The van der Waals surface area contributed by atoms with Crippen molar-refractivity contribution in [2.75, 3.05) is 25.5 Å². The van der Waals surface area contributed by atoms with E-state index in [0.717, 1.165) is 6.07 Å². The third-order valence-corrected chi connectivity index (χ3v) is 6.82. The number of anilines is 1. The molecule has 0 atom stereocenters. The van der Waals surface area contributed by atoms with E-state index < -0.39 is 21.8 Å². The van der Waals surface area contributed by atoms with E-state index in [-0.39, 0.29) is 39.3 Å². The number of benzene rings is 3. The zero-order valence-corrected chi connectivity index (χ0v) is 19.2. The van der Waals surface area contributed by atoms with Gasteiger partial charge in [0, 0.05) is 6.42 Å². The summed E-state index contributed by atoms with van der Waals surface area (Å²) >= 11 is 6.21. The van der Waals surface area contributed by atoms with Gasteiger partial charge in [0.1, 0.15) is 16.5 Å². The molecule has 0 aromatic heterocycles. The number of cyclic esters (lactones) is 1. The zero-order valence-electron chi connectivity index (χ0n) is 17.6. The maximum Gasteiger partial charge on any atom is 0.338 e. The Hall–Kier alpha value is -3.30. The van der Waals surface area contributed by atoms with Gasteiger partial charge in [0.25, 0.3) is 10.0 Å². The van der Waals surface area contributed by atoms with Gasteiger partial charge in [-0.05, 0) is 53.1 Å². The standard InChI is InChI=1S/C23H19ClFNO6S/c1-30-20-6-4-14-10-19(20)26-33(28,29)21-11-15(9-18(24)22(21)31-2)23(27)32-8-7-13-3-5-16(25)12-17(13)14/h3-6,9-12,26H,7-8H2,1-2H3. The van der Waals surface area contributed by atoms with Gasteiger partial charge in [-0.25, -0.2) is 17.6 Å². The number of methoxy groups -OCH3 is 2. The Bertz CT molecular complexity index is 1360. The van der Waals surface area contributed by atoms with Crippen molar-refractivity contribution in [1.82, 2.24) is 0 Å². The first kappa shape index (κ1) is 22.9. The third kappa shape index (κ3) is 4.46. The molecule has 3 aromatic rings. The summed E-state index contributed by atoms with van der Waals surface area (Å²) in [5, 5.41) is -0.0686. The zero-order chi connectivity index (χ0) is 23.8. The Kier molecular flexibility index (Phi) is 6.18. The molecule has 0 aliphatic carbocycles. The van der Waals surface area contributed by atoms with Crippen LogP contribution in [0.4, 0.5) is 10.1 Å². The monoisotopic (exact) mass is 491 g/mol. The average Bonchev–Trinajstić information content (AvgIpc) is 2.78. The average molecular weight is 492 g/mol. The van der Waals surface area contributed by atoms with E-state index in [1.807, 2.05) is 0 Å². The summed E-state index contributed by atoms with van der Waals surface area (Å²) in [7, 11) is -1.63. The van der Waals surface area contributed by atoms with Crippen LogP contribution in [0, 0.1) is 5.82 Å². The van der Waals surface area contributed by atoms with Crippen molar-refractivity contribution in [2.24, 2.45) is 0 Å².